The summed E-state index contributed by atoms with van der Waals surface area (Å²) in [7, 11) is 0. The van der Waals surface area contributed by atoms with Gasteiger partial charge in [0.25, 0.3) is 5.69 Å². The molecule has 2 rings (SSSR count). The molecule has 0 radical (unpaired) electrons. The number of hydrogen-bond acceptors (Lipinski definition) is 7. The zero-order valence-electron chi connectivity index (χ0n) is 15.4. The van der Waals surface area contributed by atoms with Crippen molar-refractivity contribution in [1.82, 2.24) is 4.98 Å². The van der Waals surface area contributed by atoms with E-state index in [2.05, 4.69) is 10.1 Å². The SMILES string of the molecule is CCOC(=O)c1[nH]c(C)c(/C(C)=N/OC(=O)c2cccc([N+](=O)[O-])c2)c1C. The first-order chi connectivity index (χ1) is 12.8. The highest BCUT2D eigenvalue weighted by Gasteiger charge is 2.20. The lowest BCUT2D eigenvalue weighted by Gasteiger charge is -2.03. The van der Waals surface area contributed by atoms with Crippen molar-refractivity contribution in [3.63, 3.8) is 0 Å². The van der Waals surface area contributed by atoms with E-state index in [1.165, 1.54) is 18.2 Å². The zero-order valence-corrected chi connectivity index (χ0v) is 15.4. The number of nitro benzene ring substituents is 1. The highest BCUT2D eigenvalue weighted by molar-refractivity contribution is 6.04. The molecule has 0 saturated carbocycles. The zero-order chi connectivity index (χ0) is 20.1. The second kappa shape index (κ2) is 8.26. The lowest BCUT2D eigenvalue weighted by atomic mass is 10.1. The van der Waals surface area contributed by atoms with Gasteiger partial charge in [-0.05, 0) is 39.3 Å². The number of non-ortho nitro benzene ring substituents is 1. The van der Waals surface area contributed by atoms with Crippen LogP contribution in [0.2, 0.25) is 0 Å². The highest BCUT2D eigenvalue weighted by atomic mass is 16.7. The Morgan fingerprint density at radius 2 is 1.96 bits per heavy atom. The van der Waals surface area contributed by atoms with Crippen LogP contribution in [-0.4, -0.2) is 34.2 Å². The molecule has 142 valence electrons. The highest BCUT2D eigenvalue weighted by Crippen LogP contribution is 2.20. The number of ether oxygens (including phenoxy) is 1. The minimum Gasteiger partial charge on any atom is -0.461 e. The van der Waals surface area contributed by atoms with Crippen molar-refractivity contribution < 1.29 is 24.1 Å². The molecule has 0 fully saturated rings. The third-order valence-corrected chi connectivity index (χ3v) is 3.84. The van der Waals surface area contributed by atoms with E-state index in [1.807, 2.05) is 0 Å². The third kappa shape index (κ3) is 4.38. The predicted octanol–water partition coefficient (Wildman–Crippen LogP) is 3.30. The lowest BCUT2D eigenvalue weighted by molar-refractivity contribution is -0.384. The number of carbonyl (C=O) groups is 2. The van der Waals surface area contributed by atoms with Crippen LogP contribution < -0.4 is 0 Å². The number of aromatic amines is 1. The van der Waals surface area contributed by atoms with E-state index in [1.54, 1.807) is 27.7 Å². The molecule has 1 N–H and O–H groups in total. The number of nitrogens with one attached hydrogen (secondary N) is 1. The molecule has 0 aliphatic rings. The first-order valence-electron chi connectivity index (χ1n) is 8.13. The van der Waals surface area contributed by atoms with Gasteiger partial charge in [0.05, 0.1) is 22.8 Å². The molecule has 9 nitrogen and oxygen atoms in total. The van der Waals surface area contributed by atoms with Gasteiger partial charge in [-0.25, -0.2) is 9.59 Å². The van der Waals surface area contributed by atoms with Crippen molar-refractivity contribution in [2.24, 2.45) is 5.16 Å². The van der Waals surface area contributed by atoms with E-state index < -0.39 is 16.9 Å². The van der Waals surface area contributed by atoms with E-state index in [0.717, 1.165) is 6.07 Å². The van der Waals surface area contributed by atoms with Gasteiger partial charge in [-0.3, -0.25) is 10.1 Å². The van der Waals surface area contributed by atoms with Gasteiger partial charge in [-0.1, -0.05) is 11.2 Å². The van der Waals surface area contributed by atoms with Crippen LogP contribution in [-0.2, 0) is 9.57 Å². The summed E-state index contributed by atoms with van der Waals surface area (Å²) < 4.78 is 4.99. The number of esters is 1. The molecule has 0 unspecified atom stereocenters. The van der Waals surface area contributed by atoms with E-state index >= 15 is 0 Å². The Morgan fingerprint density at radius 1 is 1.26 bits per heavy atom. The number of nitro groups is 1. The van der Waals surface area contributed by atoms with Gasteiger partial charge in [0.2, 0.25) is 0 Å². The molecule has 0 atom stereocenters. The largest absolute Gasteiger partial charge is 0.461 e. The monoisotopic (exact) mass is 373 g/mol. The number of nitrogens with zero attached hydrogens (tertiary/aromatic N) is 2. The molecule has 9 heteroatoms. The number of rotatable bonds is 6. The van der Waals surface area contributed by atoms with E-state index in [-0.39, 0.29) is 17.9 Å². The summed E-state index contributed by atoms with van der Waals surface area (Å²) in [4.78, 5) is 42.1. The number of aryl methyl sites for hydroxylation is 1. The minimum atomic E-state index is -0.825. The Bertz CT molecular complexity index is 929. The number of benzene rings is 1. The molecule has 1 aromatic heterocycles. The number of aromatic nitrogens is 1. The van der Waals surface area contributed by atoms with Crippen LogP contribution in [0, 0.1) is 24.0 Å². The summed E-state index contributed by atoms with van der Waals surface area (Å²) in [5.74, 6) is -1.31. The first kappa shape index (κ1) is 19.8. The second-order valence-corrected chi connectivity index (χ2v) is 5.71. The second-order valence-electron chi connectivity index (χ2n) is 5.71. The smallest absolute Gasteiger partial charge is 0.365 e. The van der Waals surface area contributed by atoms with Crippen LogP contribution in [0.1, 0.15) is 51.5 Å². The molecule has 1 aromatic carbocycles. The van der Waals surface area contributed by atoms with Crippen LogP contribution >= 0.6 is 0 Å². The van der Waals surface area contributed by atoms with Crippen LogP contribution in [0.3, 0.4) is 0 Å². The summed E-state index contributed by atoms with van der Waals surface area (Å²) >= 11 is 0. The summed E-state index contributed by atoms with van der Waals surface area (Å²) in [6.07, 6.45) is 0. The molecule has 1 heterocycles. The Kier molecular flexibility index (Phi) is 6.07. The molecule has 27 heavy (non-hydrogen) atoms. The number of hydrogen-bond donors (Lipinski definition) is 1. The van der Waals surface area contributed by atoms with Crippen LogP contribution in [0.15, 0.2) is 29.4 Å². The molecule has 2 aromatic rings. The molecule has 0 amide bonds. The average molecular weight is 373 g/mol. The van der Waals surface area contributed by atoms with Crippen LogP contribution in [0.5, 0.6) is 0 Å². The van der Waals surface area contributed by atoms with Gasteiger partial charge in [0, 0.05) is 23.4 Å². The molecular weight excluding hydrogens is 354 g/mol. The first-order valence-corrected chi connectivity index (χ1v) is 8.13. The normalized spacial score (nSPS) is 11.2. The fourth-order valence-electron chi connectivity index (χ4n) is 2.65. The van der Waals surface area contributed by atoms with E-state index in [0.29, 0.717) is 28.2 Å². The topological polar surface area (TPSA) is 124 Å². The molecule has 0 aliphatic heterocycles. The van der Waals surface area contributed by atoms with Crippen LogP contribution in [0.25, 0.3) is 0 Å². The molecule has 0 aliphatic carbocycles. The molecule has 0 spiro atoms. The van der Waals surface area contributed by atoms with E-state index in [9.17, 15) is 19.7 Å². The minimum absolute atomic E-state index is 0.00970. The maximum atomic E-state index is 12.1. The Morgan fingerprint density at radius 3 is 2.59 bits per heavy atom. The summed E-state index contributed by atoms with van der Waals surface area (Å²) in [6.45, 7) is 7.07. The van der Waals surface area contributed by atoms with Gasteiger partial charge in [-0.2, -0.15) is 0 Å². The van der Waals surface area contributed by atoms with Crippen molar-refractivity contribution in [1.29, 1.82) is 0 Å². The number of carbonyl (C=O) groups excluding carboxylic acids is 2. The lowest BCUT2D eigenvalue weighted by Crippen LogP contribution is -2.08. The molecule has 0 saturated heterocycles. The van der Waals surface area contributed by atoms with Crippen molar-refractivity contribution in [2.45, 2.75) is 27.7 Å². The maximum Gasteiger partial charge on any atom is 0.365 e. The number of H-pyrrole nitrogens is 1. The summed E-state index contributed by atoms with van der Waals surface area (Å²) in [6, 6.07) is 5.16. The molecule has 0 bridgehead atoms. The summed E-state index contributed by atoms with van der Waals surface area (Å²) in [5, 5.41) is 14.6. The Labute approximate surface area is 155 Å². The third-order valence-electron chi connectivity index (χ3n) is 3.84. The van der Waals surface area contributed by atoms with Gasteiger partial charge < -0.3 is 14.6 Å². The summed E-state index contributed by atoms with van der Waals surface area (Å²) in [5.41, 5.74) is 2.39. The van der Waals surface area contributed by atoms with Gasteiger partial charge in [-0.15, -0.1) is 0 Å². The fourth-order valence-corrected chi connectivity index (χ4v) is 2.65. The van der Waals surface area contributed by atoms with Crippen molar-refractivity contribution in [3.05, 3.63) is 62.5 Å². The van der Waals surface area contributed by atoms with Crippen LogP contribution in [0.4, 0.5) is 5.69 Å². The Hall–Kier alpha value is -3.49. The van der Waals surface area contributed by atoms with Gasteiger partial charge >= 0.3 is 11.9 Å². The standard InChI is InChI=1S/C18H19N3O6/c1-5-26-18(23)16-10(2)15(11(3)19-16)12(4)20-27-17(22)13-7-6-8-14(9-13)21(24)25/h6-9,19H,5H2,1-4H3/b20-12+. The van der Waals surface area contributed by atoms with Crippen molar-refractivity contribution in [2.75, 3.05) is 6.61 Å². The predicted molar refractivity (Wildman–Crippen MR) is 96.9 cm³/mol. The van der Waals surface area contributed by atoms with Gasteiger partial charge in [0.1, 0.15) is 5.69 Å². The molecular formula is C18H19N3O6. The van der Waals surface area contributed by atoms with E-state index in [4.69, 9.17) is 9.57 Å². The quantitative estimate of drug-likeness (QED) is 0.272. The van der Waals surface area contributed by atoms with Crippen molar-refractivity contribution >= 4 is 23.3 Å². The fraction of sp³-hybridized carbons (Fsp3) is 0.278. The van der Waals surface area contributed by atoms with Crippen molar-refractivity contribution in [3.8, 4) is 0 Å². The number of oxime groups is 1. The van der Waals surface area contributed by atoms with Gasteiger partial charge in [0.15, 0.2) is 0 Å². The maximum absolute atomic E-state index is 12.1. The Balaban J connectivity index is 2.23. The average Bonchev–Trinajstić information content (AvgIpc) is 2.94.